The lowest BCUT2D eigenvalue weighted by Crippen LogP contribution is -2.73. The van der Waals surface area contributed by atoms with E-state index in [1.807, 2.05) is 0 Å². The predicted molar refractivity (Wildman–Crippen MR) is 230 cm³/mol. The summed E-state index contributed by atoms with van der Waals surface area (Å²) in [6, 6.07) is 68.0. The van der Waals surface area contributed by atoms with Crippen LogP contribution in [0.3, 0.4) is 0 Å². The van der Waals surface area contributed by atoms with Crippen molar-refractivity contribution in [2.75, 3.05) is 4.90 Å². The van der Waals surface area contributed by atoms with Crippen molar-refractivity contribution in [3.8, 4) is 33.8 Å². The fraction of sp³-hybridized carbons (Fsp3) is 0.0400. The van der Waals surface area contributed by atoms with Crippen LogP contribution < -0.4 is 46.8 Å². The molecule has 8 aromatic rings. The monoisotopic (exact) mass is 705 g/mol. The highest BCUT2D eigenvalue weighted by molar-refractivity contribution is 7.22. The molecule has 0 unspecified atom stereocenters. The maximum atomic E-state index is 6.88. The minimum atomic E-state index is -2.74. The summed E-state index contributed by atoms with van der Waals surface area (Å²) in [6.07, 6.45) is 0. The van der Waals surface area contributed by atoms with Gasteiger partial charge in [-0.05, 0) is 104 Å². The van der Waals surface area contributed by atoms with Gasteiger partial charge in [0.1, 0.15) is 11.5 Å². The van der Waals surface area contributed by atoms with Gasteiger partial charge in [-0.15, -0.1) is 0 Å². The van der Waals surface area contributed by atoms with Gasteiger partial charge in [-0.2, -0.15) is 0 Å². The Hall–Kier alpha value is -6.36. The first-order valence-electron chi connectivity index (χ1n) is 18.9. The Morgan fingerprint density at radius 3 is 1.83 bits per heavy atom. The lowest BCUT2D eigenvalue weighted by atomic mass is 9.34. The minimum Gasteiger partial charge on any atom is -0.458 e. The van der Waals surface area contributed by atoms with Crippen LogP contribution >= 0.6 is 0 Å². The Morgan fingerprint density at radius 1 is 0.444 bits per heavy atom. The summed E-state index contributed by atoms with van der Waals surface area (Å²) in [5, 5.41) is 5.72. The van der Waals surface area contributed by atoms with Crippen molar-refractivity contribution >= 4 is 69.0 Å². The van der Waals surface area contributed by atoms with E-state index in [1.165, 1.54) is 81.9 Å². The number of hydrogen-bond donors (Lipinski definition) is 0. The third-order valence-corrected chi connectivity index (χ3v) is 16.7. The molecule has 0 radical (unpaired) electrons. The number of anilines is 3. The first kappa shape index (κ1) is 31.2. The van der Waals surface area contributed by atoms with E-state index in [0.29, 0.717) is 0 Å². The second-order valence-corrected chi connectivity index (χ2v) is 18.7. The Kier molecular flexibility index (Phi) is 6.83. The second kappa shape index (κ2) is 11.8. The molecule has 0 bridgehead atoms. The van der Waals surface area contributed by atoms with E-state index >= 15 is 0 Å². The van der Waals surface area contributed by atoms with Gasteiger partial charge in [0.15, 0.2) is 8.07 Å². The quantitative estimate of drug-likeness (QED) is 0.174. The molecule has 2 nitrogen and oxygen atoms in total. The molecule has 11 rings (SSSR count). The number of aryl methyl sites for hydroxylation is 2. The molecule has 3 heterocycles. The summed E-state index contributed by atoms with van der Waals surface area (Å²) in [4.78, 5) is 2.54. The fourth-order valence-electron chi connectivity index (χ4n) is 9.73. The van der Waals surface area contributed by atoms with E-state index in [0.717, 1.165) is 17.2 Å². The van der Waals surface area contributed by atoms with E-state index in [9.17, 15) is 0 Å². The van der Waals surface area contributed by atoms with Crippen LogP contribution in [0.5, 0.6) is 11.5 Å². The third-order valence-electron chi connectivity index (χ3n) is 11.9. The molecule has 54 heavy (non-hydrogen) atoms. The molecule has 0 N–H and O–H groups in total. The topological polar surface area (TPSA) is 12.5 Å². The first-order valence-corrected chi connectivity index (χ1v) is 20.9. The van der Waals surface area contributed by atoms with Gasteiger partial charge < -0.3 is 9.64 Å². The molecular weight excluding hydrogens is 669 g/mol. The highest BCUT2D eigenvalue weighted by Gasteiger charge is 2.51. The molecule has 0 amide bonds. The van der Waals surface area contributed by atoms with Crippen molar-refractivity contribution in [1.29, 1.82) is 0 Å². The number of fused-ring (bicyclic) bond motifs is 7. The lowest BCUT2D eigenvalue weighted by molar-refractivity contribution is 0.487. The van der Waals surface area contributed by atoms with Crippen molar-refractivity contribution in [2.45, 2.75) is 13.8 Å². The van der Waals surface area contributed by atoms with Crippen LogP contribution in [-0.2, 0) is 0 Å². The Balaban J connectivity index is 1.30. The summed E-state index contributed by atoms with van der Waals surface area (Å²) in [5.41, 5.74) is 14.8. The second-order valence-electron chi connectivity index (χ2n) is 15.0. The summed E-state index contributed by atoms with van der Waals surface area (Å²) >= 11 is 0. The van der Waals surface area contributed by atoms with Crippen LogP contribution in [0.25, 0.3) is 22.3 Å². The normalized spacial score (nSPS) is 14.0. The molecule has 0 saturated heterocycles. The van der Waals surface area contributed by atoms with Gasteiger partial charge in [0.05, 0.1) is 5.69 Å². The maximum Gasteiger partial charge on any atom is 0.256 e. The van der Waals surface area contributed by atoms with E-state index in [1.54, 1.807) is 0 Å². The van der Waals surface area contributed by atoms with E-state index < -0.39 is 8.07 Å². The number of hydrogen-bond acceptors (Lipinski definition) is 2. The molecule has 0 aromatic heterocycles. The molecule has 4 heteroatoms. The van der Waals surface area contributed by atoms with E-state index in [4.69, 9.17) is 4.74 Å². The zero-order valence-electron chi connectivity index (χ0n) is 30.3. The van der Waals surface area contributed by atoms with Gasteiger partial charge in [0, 0.05) is 16.9 Å². The third kappa shape index (κ3) is 4.35. The summed E-state index contributed by atoms with van der Waals surface area (Å²) in [6.45, 7) is 4.39. The largest absolute Gasteiger partial charge is 0.458 e. The van der Waals surface area contributed by atoms with Gasteiger partial charge in [0.2, 0.25) is 0 Å². The number of ether oxygens (including phenoxy) is 1. The van der Waals surface area contributed by atoms with Crippen molar-refractivity contribution in [3.63, 3.8) is 0 Å². The number of nitrogens with zero attached hydrogens (tertiary/aromatic N) is 1. The van der Waals surface area contributed by atoms with Gasteiger partial charge in [-0.1, -0.05) is 157 Å². The van der Waals surface area contributed by atoms with Crippen LogP contribution in [0.4, 0.5) is 17.1 Å². The van der Waals surface area contributed by atoms with Crippen LogP contribution in [0.2, 0.25) is 0 Å². The van der Waals surface area contributed by atoms with Crippen LogP contribution in [0.1, 0.15) is 11.1 Å². The minimum absolute atomic E-state index is 0.00152. The molecule has 3 aliphatic heterocycles. The molecule has 0 fully saturated rings. The zero-order chi connectivity index (χ0) is 36.0. The highest BCUT2D eigenvalue weighted by Crippen LogP contribution is 2.46. The summed E-state index contributed by atoms with van der Waals surface area (Å²) in [5.74, 6) is 1.88. The van der Waals surface area contributed by atoms with Crippen LogP contribution in [0, 0.1) is 13.8 Å². The van der Waals surface area contributed by atoms with Gasteiger partial charge >= 0.3 is 0 Å². The highest BCUT2D eigenvalue weighted by atomic mass is 28.3. The SMILES string of the molecule is Cc1ccc2c(c1)B1c3cc4c(cc3N(c3ccccc3-c3ccccc3)c3cc(C)cc(c31)O2)-c1ccccc1[Si]4(c1ccccc1)c1ccccc1. The van der Waals surface area contributed by atoms with Crippen molar-refractivity contribution in [3.05, 3.63) is 193 Å². The van der Waals surface area contributed by atoms with E-state index in [2.05, 4.69) is 201 Å². The molecule has 8 aromatic carbocycles. The average molecular weight is 706 g/mol. The van der Waals surface area contributed by atoms with Crippen molar-refractivity contribution in [1.82, 2.24) is 0 Å². The Morgan fingerprint density at radius 2 is 1.09 bits per heavy atom. The van der Waals surface area contributed by atoms with E-state index in [-0.39, 0.29) is 6.71 Å². The zero-order valence-corrected chi connectivity index (χ0v) is 31.3. The Labute approximate surface area is 318 Å². The fourth-order valence-corrected chi connectivity index (χ4v) is 14.9. The van der Waals surface area contributed by atoms with Gasteiger partial charge in [0.25, 0.3) is 6.71 Å². The first-order chi connectivity index (χ1) is 26.6. The average Bonchev–Trinajstić information content (AvgIpc) is 3.51. The molecule has 0 saturated carbocycles. The summed E-state index contributed by atoms with van der Waals surface area (Å²) < 4.78 is 6.88. The molecule has 3 aliphatic rings. The molecule has 254 valence electrons. The number of rotatable bonds is 4. The van der Waals surface area contributed by atoms with Gasteiger partial charge in [-0.25, -0.2) is 0 Å². The molecule has 0 atom stereocenters. The maximum absolute atomic E-state index is 6.88. The number of para-hydroxylation sites is 1. The van der Waals surface area contributed by atoms with Crippen molar-refractivity contribution < 1.29 is 4.74 Å². The molecule has 0 spiro atoms. The Bertz CT molecular complexity index is 2740. The lowest BCUT2D eigenvalue weighted by Gasteiger charge is -2.42. The summed E-state index contributed by atoms with van der Waals surface area (Å²) in [7, 11) is -2.74. The van der Waals surface area contributed by atoms with Crippen LogP contribution in [-0.4, -0.2) is 14.8 Å². The number of benzene rings is 8. The molecular formula is C50H36BNOSi. The van der Waals surface area contributed by atoms with Crippen LogP contribution in [0.15, 0.2) is 182 Å². The molecule has 0 aliphatic carbocycles. The predicted octanol–water partition coefficient (Wildman–Crippen LogP) is 7.73. The van der Waals surface area contributed by atoms with Gasteiger partial charge in [-0.3, -0.25) is 0 Å². The van der Waals surface area contributed by atoms with Crippen molar-refractivity contribution in [2.24, 2.45) is 0 Å². The smallest absolute Gasteiger partial charge is 0.256 e. The standard InChI is InChI=1S/C50H36BNOSi/c1-33-26-27-46-42(28-33)51-41-32-49-40(39-23-13-15-25-48(39)54(49,36-18-8-4-9-19-36)37-20-10-5-11-21-37)31-44(41)52(45-29-34(2)30-47(53-46)50(45)51)43-24-14-12-22-38(43)35-16-6-3-7-17-35/h3-32H,1-2H3.